The number of fused-ring (bicyclic) bond motifs is 1. The van der Waals surface area contributed by atoms with Gasteiger partial charge in [-0.1, -0.05) is 35.6 Å². The number of thiophene rings is 1. The predicted octanol–water partition coefficient (Wildman–Crippen LogP) is 4.62. The summed E-state index contributed by atoms with van der Waals surface area (Å²) >= 11 is 2.73. The van der Waals surface area contributed by atoms with Gasteiger partial charge in [-0.05, 0) is 73.7 Å². The number of ether oxygens (including phenoxy) is 4. The molecular weight excluding hydrogens is 588 g/mol. The summed E-state index contributed by atoms with van der Waals surface area (Å²) in [7, 11) is 1.55. The lowest BCUT2D eigenvalue weighted by atomic mass is 10.0. The van der Waals surface area contributed by atoms with Crippen LogP contribution in [0.15, 0.2) is 81.0 Å². The Morgan fingerprint density at radius 1 is 1.00 bits per heavy atom. The van der Waals surface area contributed by atoms with E-state index in [1.54, 1.807) is 62.8 Å². The summed E-state index contributed by atoms with van der Waals surface area (Å²) in [4.78, 5) is 44.6. The molecule has 0 unspecified atom stereocenters. The summed E-state index contributed by atoms with van der Waals surface area (Å²) in [6.07, 6.45) is 1.78. The lowest BCUT2D eigenvalue weighted by Gasteiger charge is -2.23. The summed E-state index contributed by atoms with van der Waals surface area (Å²) in [6, 6.07) is 15.6. The highest BCUT2D eigenvalue weighted by atomic mass is 32.1. The van der Waals surface area contributed by atoms with E-state index in [4.69, 9.17) is 18.9 Å². The van der Waals surface area contributed by atoms with E-state index in [1.807, 2.05) is 35.7 Å². The molecule has 43 heavy (non-hydrogen) atoms. The molecule has 0 amide bonds. The van der Waals surface area contributed by atoms with Gasteiger partial charge in [0.25, 0.3) is 5.56 Å². The number of aromatic nitrogens is 1. The third kappa shape index (κ3) is 6.32. The first kappa shape index (κ1) is 30.0. The molecule has 0 fully saturated rings. The summed E-state index contributed by atoms with van der Waals surface area (Å²) in [5, 5.41) is 1.91. The SMILES string of the molecule is CCOC(=O)C1=C(C)N=c2s/c(=C\c3ccc(OCc4ccc(C(=O)OCC)cc4)c(OC)c3)c(=O)n2[C@H]1c1cccs1. The first-order chi connectivity index (χ1) is 20.8. The van der Waals surface area contributed by atoms with Crippen LogP contribution >= 0.6 is 22.7 Å². The Morgan fingerprint density at radius 3 is 2.42 bits per heavy atom. The molecule has 0 saturated heterocycles. The van der Waals surface area contributed by atoms with Crippen LogP contribution in [0.3, 0.4) is 0 Å². The van der Waals surface area contributed by atoms with Crippen molar-refractivity contribution in [3.05, 3.63) is 113 Å². The Labute approximate surface area is 256 Å². The molecule has 0 bridgehead atoms. The number of methoxy groups -OCH3 is 1. The molecular formula is C32H30N2O7S2. The van der Waals surface area contributed by atoms with Crippen LogP contribution < -0.4 is 24.4 Å². The summed E-state index contributed by atoms with van der Waals surface area (Å²) in [5.41, 5.74) is 2.74. The Bertz CT molecular complexity index is 1850. The van der Waals surface area contributed by atoms with Gasteiger partial charge in [-0.25, -0.2) is 14.6 Å². The molecule has 0 saturated carbocycles. The second-order valence-corrected chi connectivity index (χ2v) is 11.4. The molecule has 2 aromatic heterocycles. The monoisotopic (exact) mass is 618 g/mol. The van der Waals surface area contributed by atoms with E-state index >= 15 is 0 Å². The number of rotatable bonds is 10. The normalized spacial score (nSPS) is 14.6. The zero-order chi connectivity index (χ0) is 30.5. The molecule has 4 aromatic rings. The van der Waals surface area contributed by atoms with Crippen molar-refractivity contribution in [2.45, 2.75) is 33.4 Å². The van der Waals surface area contributed by atoms with Gasteiger partial charge in [0.2, 0.25) is 0 Å². The van der Waals surface area contributed by atoms with Crippen molar-refractivity contribution >= 4 is 40.7 Å². The van der Waals surface area contributed by atoms with Gasteiger partial charge in [-0.2, -0.15) is 0 Å². The Morgan fingerprint density at radius 2 is 1.74 bits per heavy atom. The molecule has 1 aliphatic rings. The largest absolute Gasteiger partial charge is 0.493 e. The summed E-state index contributed by atoms with van der Waals surface area (Å²) in [5.74, 6) is 0.188. The first-order valence-electron chi connectivity index (χ1n) is 13.6. The standard InChI is InChI=1S/C32H30N2O7S2/c1-5-39-30(36)22-12-9-20(10-13-22)18-41-23-14-11-21(16-24(23)38-4)17-26-29(35)34-28(25-8-7-15-42-25)27(31(37)40-6-2)19(3)33-32(34)43-26/h7-17,28H,5-6,18H2,1-4H3/b26-17-/t28-/m0/s1. The first-order valence-corrected chi connectivity index (χ1v) is 15.3. The Kier molecular flexibility index (Phi) is 9.22. The van der Waals surface area contributed by atoms with Gasteiger partial charge in [-0.15, -0.1) is 11.3 Å². The van der Waals surface area contributed by atoms with E-state index in [2.05, 4.69) is 4.99 Å². The lowest BCUT2D eigenvalue weighted by Crippen LogP contribution is -2.39. The molecule has 9 nitrogen and oxygen atoms in total. The Balaban J connectivity index is 1.43. The van der Waals surface area contributed by atoms with E-state index in [0.29, 0.717) is 44.3 Å². The highest BCUT2D eigenvalue weighted by Crippen LogP contribution is 2.33. The van der Waals surface area contributed by atoms with Gasteiger partial charge >= 0.3 is 11.9 Å². The van der Waals surface area contributed by atoms with Crippen LogP contribution in [0.1, 0.15) is 53.2 Å². The van der Waals surface area contributed by atoms with Crippen molar-refractivity contribution < 1.29 is 28.5 Å². The van der Waals surface area contributed by atoms with E-state index < -0.39 is 12.0 Å². The van der Waals surface area contributed by atoms with Crippen LogP contribution in [-0.4, -0.2) is 36.8 Å². The van der Waals surface area contributed by atoms with Crippen LogP contribution in [0.4, 0.5) is 0 Å². The molecule has 11 heteroatoms. The van der Waals surface area contributed by atoms with Gasteiger partial charge in [-0.3, -0.25) is 9.36 Å². The number of esters is 2. The van der Waals surface area contributed by atoms with Crippen molar-refractivity contribution in [2.24, 2.45) is 4.99 Å². The maximum absolute atomic E-state index is 13.8. The molecule has 2 aromatic carbocycles. The minimum atomic E-state index is -0.617. The van der Waals surface area contributed by atoms with Crippen molar-refractivity contribution in [1.82, 2.24) is 4.57 Å². The zero-order valence-electron chi connectivity index (χ0n) is 24.1. The number of benzene rings is 2. The van der Waals surface area contributed by atoms with Gasteiger partial charge in [0.15, 0.2) is 16.3 Å². The van der Waals surface area contributed by atoms with Crippen molar-refractivity contribution in [2.75, 3.05) is 20.3 Å². The maximum atomic E-state index is 13.8. The highest BCUT2D eigenvalue weighted by molar-refractivity contribution is 7.10. The molecule has 0 aliphatic carbocycles. The topological polar surface area (TPSA) is 105 Å². The number of hydrogen-bond acceptors (Lipinski definition) is 10. The summed E-state index contributed by atoms with van der Waals surface area (Å²) < 4.78 is 24.0. The number of allylic oxidation sites excluding steroid dienone is 1. The fourth-order valence-electron chi connectivity index (χ4n) is 4.66. The third-order valence-electron chi connectivity index (χ3n) is 6.67. The molecule has 222 valence electrons. The number of thiazole rings is 1. The number of carbonyl (C=O) groups is 2. The zero-order valence-corrected chi connectivity index (χ0v) is 25.8. The third-order valence-corrected chi connectivity index (χ3v) is 8.58. The molecule has 0 spiro atoms. The molecule has 0 N–H and O–H groups in total. The quantitative estimate of drug-likeness (QED) is 0.239. The smallest absolute Gasteiger partial charge is 0.338 e. The second-order valence-electron chi connectivity index (χ2n) is 9.43. The van der Waals surface area contributed by atoms with E-state index in [9.17, 15) is 14.4 Å². The highest BCUT2D eigenvalue weighted by Gasteiger charge is 2.33. The predicted molar refractivity (Wildman–Crippen MR) is 164 cm³/mol. The second kappa shape index (κ2) is 13.2. The van der Waals surface area contributed by atoms with Crippen molar-refractivity contribution in [1.29, 1.82) is 0 Å². The van der Waals surface area contributed by atoms with Crippen LogP contribution in [0.5, 0.6) is 11.5 Å². The van der Waals surface area contributed by atoms with E-state index in [-0.39, 0.29) is 24.7 Å². The van der Waals surface area contributed by atoms with Gasteiger partial charge in [0, 0.05) is 4.88 Å². The average Bonchev–Trinajstić information content (AvgIpc) is 3.64. The van der Waals surface area contributed by atoms with E-state index in [1.165, 1.54) is 22.7 Å². The molecule has 5 rings (SSSR count). The van der Waals surface area contributed by atoms with Crippen molar-refractivity contribution in [3.63, 3.8) is 0 Å². The molecule has 3 heterocycles. The molecule has 0 radical (unpaired) electrons. The van der Waals surface area contributed by atoms with Gasteiger partial charge in [0.05, 0.1) is 41.7 Å². The van der Waals surface area contributed by atoms with Crippen LogP contribution in [0.2, 0.25) is 0 Å². The van der Waals surface area contributed by atoms with Crippen LogP contribution in [0, 0.1) is 0 Å². The number of hydrogen-bond donors (Lipinski definition) is 0. The number of nitrogens with zero attached hydrogens (tertiary/aromatic N) is 2. The van der Waals surface area contributed by atoms with Crippen molar-refractivity contribution in [3.8, 4) is 11.5 Å². The maximum Gasteiger partial charge on any atom is 0.338 e. The average molecular weight is 619 g/mol. The lowest BCUT2D eigenvalue weighted by molar-refractivity contribution is -0.139. The molecule has 1 aliphatic heterocycles. The molecule has 1 atom stereocenters. The van der Waals surface area contributed by atoms with Gasteiger partial charge < -0.3 is 18.9 Å². The van der Waals surface area contributed by atoms with E-state index in [0.717, 1.165) is 16.0 Å². The number of carbonyl (C=O) groups excluding carboxylic acids is 2. The van der Waals surface area contributed by atoms with Gasteiger partial charge in [0.1, 0.15) is 12.6 Å². The fraction of sp³-hybridized carbons (Fsp3) is 0.250. The minimum absolute atomic E-state index is 0.223. The minimum Gasteiger partial charge on any atom is -0.493 e. The fourth-order valence-corrected chi connectivity index (χ4v) is 6.53. The summed E-state index contributed by atoms with van der Waals surface area (Å²) in [6.45, 7) is 6.09. The Hall–Kier alpha value is -4.48. The van der Waals surface area contributed by atoms with Crippen LogP contribution in [0.25, 0.3) is 6.08 Å². The van der Waals surface area contributed by atoms with Crippen LogP contribution in [-0.2, 0) is 20.9 Å².